The van der Waals surface area contributed by atoms with Crippen molar-refractivity contribution in [2.24, 2.45) is 0 Å². The van der Waals surface area contributed by atoms with E-state index in [1.54, 1.807) is 0 Å². The zero-order chi connectivity index (χ0) is 18.1. The molecular weight excluding hydrogens is 385 g/mol. The van der Waals surface area contributed by atoms with E-state index >= 15 is 0 Å². The number of carbonyl (C=O) groups is 1. The molecule has 142 valence electrons. The van der Waals surface area contributed by atoms with Gasteiger partial charge in [-0.05, 0) is 35.4 Å². The standard InChI is InChI=1S/C21H20ClNO3.ClH/c22-16-6-7-17-18(15-4-2-1-3-5-15)13-21(26-19(17)12-16)8-10-23(11-9-21)14-20(24)25;/h1-7,12-13H,8-11,14H2,(H,24,25);1H. The number of rotatable bonds is 3. The summed E-state index contributed by atoms with van der Waals surface area (Å²) in [5.41, 5.74) is 2.92. The monoisotopic (exact) mass is 405 g/mol. The lowest BCUT2D eigenvalue weighted by Gasteiger charge is -2.42. The Hall–Kier alpha value is -2.01. The molecule has 0 aliphatic carbocycles. The highest BCUT2D eigenvalue weighted by molar-refractivity contribution is 6.30. The third kappa shape index (κ3) is 4.13. The number of carboxylic acids is 1. The molecule has 1 spiro atoms. The van der Waals surface area contributed by atoms with Crippen molar-refractivity contribution in [3.8, 4) is 5.75 Å². The van der Waals surface area contributed by atoms with Crippen LogP contribution < -0.4 is 4.74 Å². The lowest BCUT2D eigenvalue weighted by molar-refractivity contribution is -0.139. The van der Waals surface area contributed by atoms with Gasteiger partial charge in [-0.1, -0.05) is 41.9 Å². The molecule has 0 bridgehead atoms. The minimum absolute atomic E-state index is 0. The molecule has 27 heavy (non-hydrogen) atoms. The zero-order valence-electron chi connectivity index (χ0n) is 14.7. The van der Waals surface area contributed by atoms with Gasteiger partial charge < -0.3 is 9.84 Å². The fourth-order valence-electron chi connectivity index (χ4n) is 3.78. The predicted octanol–water partition coefficient (Wildman–Crippen LogP) is 4.51. The van der Waals surface area contributed by atoms with E-state index in [1.807, 2.05) is 41.3 Å². The van der Waals surface area contributed by atoms with Crippen LogP contribution in [0.4, 0.5) is 0 Å². The molecule has 4 rings (SSSR count). The number of hydrogen-bond acceptors (Lipinski definition) is 3. The van der Waals surface area contributed by atoms with Gasteiger partial charge in [0, 0.05) is 36.5 Å². The third-order valence-electron chi connectivity index (χ3n) is 5.10. The SMILES string of the molecule is Cl.O=C(O)CN1CCC2(C=C(c3ccccc3)c3ccc(Cl)cc3O2)CC1. The zero-order valence-corrected chi connectivity index (χ0v) is 16.3. The minimum atomic E-state index is -0.789. The van der Waals surface area contributed by atoms with Gasteiger partial charge in [0.05, 0.1) is 6.54 Å². The quantitative estimate of drug-likeness (QED) is 0.815. The van der Waals surface area contributed by atoms with E-state index in [-0.39, 0.29) is 19.0 Å². The van der Waals surface area contributed by atoms with E-state index < -0.39 is 11.6 Å². The topological polar surface area (TPSA) is 49.8 Å². The van der Waals surface area contributed by atoms with Crippen molar-refractivity contribution in [2.45, 2.75) is 18.4 Å². The Balaban J connectivity index is 0.00000210. The summed E-state index contributed by atoms with van der Waals surface area (Å²) in [6.07, 6.45) is 3.72. The Labute approximate surface area is 169 Å². The molecule has 0 aromatic heterocycles. The number of halogens is 2. The average molecular weight is 406 g/mol. The van der Waals surface area contributed by atoms with Gasteiger partial charge in [-0.3, -0.25) is 9.69 Å². The highest BCUT2D eigenvalue weighted by Crippen LogP contribution is 2.44. The van der Waals surface area contributed by atoms with E-state index in [9.17, 15) is 4.79 Å². The summed E-state index contributed by atoms with van der Waals surface area (Å²) in [5, 5.41) is 9.67. The van der Waals surface area contributed by atoms with Gasteiger partial charge in [-0.2, -0.15) is 0 Å². The van der Waals surface area contributed by atoms with E-state index in [0.717, 1.165) is 35.3 Å². The van der Waals surface area contributed by atoms with Crippen molar-refractivity contribution < 1.29 is 14.6 Å². The number of carboxylic acid groups (broad SMARTS) is 1. The van der Waals surface area contributed by atoms with E-state index in [4.69, 9.17) is 21.4 Å². The fourth-order valence-corrected chi connectivity index (χ4v) is 3.94. The second-order valence-corrected chi connectivity index (χ2v) is 7.34. The maximum Gasteiger partial charge on any atom is 0.317 e. The Morgan fingerprint density at radius 2 is 1.85 bits per heavy atom. The van der Waals surface area contributed by atoms with Crippen molar-refractivity contribution in [1.29, 1.82) is 0 Å². The Morgan fingerprint density at radius 3 is 2.52 bits per heavy atom. The molecular formula is C21H21Cl2NO3. The molecule has 0 saturated carbocycles. The third-order valence-corrected chi connectivity index (χ3v) is 5.34. The van der Waals surface area contributed by atoms with Gasteiger partial charge in [-0.25, -0.2) is 0 Å². The molecule has 2 aromatic rings. The van der Waals surface area contributed by atoms with E-state index in [0.29, 0.717) is 18.1 Å². The smallest absolute Gasteiger partial charge is 0.317 e. The predicted molar refractivity (Wildman–Crippen MR) is 109 cm³/mol. The fraction of sp³-hybridized carbons (Fsp3) is 0.286. The van der Waals surface area contributed by atoms with Crippen LogP contribution in [0.15, 0.2) is 54.6 Å². The normalized spacial score (nSPS) is 18.0. The van der Waals surface area contributed by atoms with Crippen LogP contribution in [0.2, 0.25) is 5.02 Å². The second-order valence-electron chi connectivity index (χ2n) is 6.90. The van der Waals surface area contributed by atoms with Crippen molar-refractivity contribution in [2.75, 3.05) is 19.6 Å². The molecule has 2 aliphatic rings. The molecule has 2 heterocycles. The van der Waals surface area contributed by atoms with Crippen LogP contribution in [0.1, 0.15) is 24.0 Å². The molecule has 1 saturated heterocycles. The number of benzene rings is 2. The van der Waals surface area contributed by atoms with Crippen LogP contribution in [0.5, 0.6) is 5.75 Å². The molecule has 0 unspecified atom stereocenters. The Kier molecular flexibility index (Phi) is 5.80. The molecule has 2 aliphatic heterocycles. The van der Waals surface area contributed by atoms with Crippen LogP contribution in [0.3, 0.4) is 0 Å². The average Bonchev–Trinajstić information content (AvgIpc) is 2.63. The van der Waals surface area contributed by atoms with E-state index in [2.05, 4.69) is 18.2 Å². The minimum Gasteiger partial charge on any atom is -0.482 e. The lowest BCUT2D eigenvalue weighted by atomic mass is 9.83. The summed E-state index contributed by atoms with van der Waals surface area (Å²) >= 11 is 6.21. The maximum absolute atomic E-state index is 11.0. The number of aliphatic carboxylic acids is 1. The van der Waals surface area contributed by atoms with Crippen LogP contribution in [-0.4, -0.2) is 41.2 Å². The Bertz CT molecular complexity index is 859. The largest absolute Gasteiger partial charge is 0.482 e. The summed E-state index contributed by atoms with van der Waals surface area (Å²) in [6, 6.07) is 16.0. The molecule has 0 amide bonds. The highest BCUT2D eigenvalue weighted by atomic mass is 35.5. The first-order chi connectivity index (χ1) is 12.5. The van der Waals surface area contributed by atoms with Crippen molar-refractivity contribution in [3.05, 3.63) is 70.8 Å². The van der Waals surface area contributed by atoms with Crippen molar-refractivity contribution in [3.63, 3.8) is 0 Å². The number of ether oxygens (including phenoxy) is 1. The van der Waals surface area contributed by atoms with Crippen LogP contribution in [0.25, 0.3) is 5.57 Å². The van der Waals surface area contributed by atoms with E-state index in [1.165, 1.54) is 0 Å². The summed E-state index contributed by atoms with van der Waals surface area (Å²) in [5.74, 6) is 0.00805. The van der Waals surface area contributed by atoms with Gasteiger partial charge in [0.1, 0.15) is 11.4 Å². The van der Waals surface area contributed by atoms with Crippen LogP contribution in [-0.2, 0) is 4.79 Å². The van der Waals surface area contributed by atoms with Crippen molar-refractivity contribution in [1.82, 2.24) is 4.90 Å². The molecule has 6 heteroatoms. The molecule has 4 nitrogen and oxygen atoms in total. The van der Waals surface area contributed by atoms with Crippen LogP contribution >= 0.6 is 24.0 Å². The second kappa shape index (κ2) is 7.93. The molecule has 1 N–H and O–H groups in total. The first-order valence-electron chi connectivity index (χ1n) is 8.76. The summed E-state index contributed by atoms with van der Waals surface area (Å²) < 4.78 is 6.41. The van der Waals surface area contributed by atoms with Gasteiger partial charge in [0.2, 0.25) is 0 Å². The van der Waals surface area contributed by atoms with Crippen LogP contribution in [0, 0.1) is 0 Å². The first kappa shape index (κ1) is 19.7. The number of hydrogen-bond donors (Lipinski definition) is 1. The Morgan fingerprint density at radius 1 is 1.15 bits per heavy atom. The number of nitrogens with zero attached hydrogens (tertiary/aromatic N) is 1. The first-order valence-corrected chi connectivity index (χ1v) is 9.14. The van der Waals surface area contributed by atoms with Gasteiger partial charge in [0.25, 0.3) is 0 Å². The highest BCUT2D eigenvalue weighted by Gasteiger charge is 2.39. The van der Waals surface area contributed by atoms with Gasteiger partial charge in [-0.15, -0.1) is 12.4 Å². The summed E-state index contributed by atoms with van der Waals surface area (Å²) in [6.45, 7) is 1.47. The molecule has 0 atom stereocenters. The molecule has 1 fully saturated rings. The maximum atomic E-state index is 11.0. The van der Waals surface area contributed by atoms with Gasteiger partial charge in [0.15, 0.2) is 0 Å². The summed E-state index contributed by atoms with van der Waals surface area (Å²) in [4.78, 5) is 12.9. The molecule has 2 aromatic carbocycles. The molecule has 0 radical (unpaired) electrons. The lowest BCUT2D eigenvalue weighted by Crippen LogP contribution is -2.49. The summed E-state index contributed by atoms with van der Waals surface area (Å²) in [7, 11) is 0. The van der Waals surface area contributed by atoms with Crippen molar-refractivity contribution >= 4 is 35.6 Å². The number of fused-ring (bicyclic) bond motifs is 1. The number of likely N-dealkylation sites (tertiary alicyclic amines) is 1. The van der Waals surface area contributed by atoms with Gasteiger partial charge >= 0.3 is 5.97 Å². The number of piperidine rings is 1.